The second-order valence-electron chi connectivity index (χ2n) is 5.45. The fraction of sp³-hybridized carbons (Fsp3) is 0.263. The Morgan fingerprint density at radius 2 is 1.79 bits per heavy atom. The summed E-state index contributed by atoms with van der Waals surface area (Å²) in [6.45, 7) is 3.32. The Hall–Kier alpha value is -2.24. The van der Waals surface area contributed by atoms with Crippen molar-refractivity contribution in [2.75, 3.05) is 20.3 Å². The molecular weight excluding hydrogens is 318 g/mol. The van der Waals surface area contributed by atoms with Crippen LogP contribution in [-0.2, 0) is 11.2 Å². The molecule has 0 fully saturated rings. The SMILES string of the molecule is COCCNC(=S)N/N=C(/Cc1ccccc1)c1ccc(C)cc1. The number of nitrogens with one attached hydrogen (secondary N) is 2. The Labute approximate surface area is 148 Å². The van der Waals surface area contributed by atoms with Crippen molar-refractivity contribution in [3.05, 3.63) is 71.3 Å². The lowest BCUT2D eigenvalue weighted by molar-refractivity contribution is 0.204. The molecule has 24 heavy (non-hydrogen) atoms. The highest BCUT2D eigenvalue weighted by Gasteiger charge is 2.06. The van der Waals surface area contributed by atoms with Crippen LogP contribution in [0.5, 0.6) is 0 Å². The van der Waals surface area contributed by atoms with E-state index in [1.54, 1.807) is 7.11 Å². The Balaban J connectivity index is 2.11. The minimum Gasteiger partial charge on any atom is -0.383 e. The maximum atomic E-state index is 5.24. The molecule has 0 radical (unpaired) electrons. The second-order valence-corrected chi connectivity index (χ2v) is 5.86. The van der Waals surface area contributed by atoms with Gasteiger partial charge >= 0.3 is 0 Å². The van der Waals surface area contributed by atoms with Gasteiger partial charge in [0.25, 0.3) is 0 Å². The van der Waals surface area contributed by atoms with E-state index in [0.717, 1.165) is 17.7 Å². The van der Waals surface area contributed by atoms with E-state index in [-0.39, 0.29) is 0 Å². The molecule has 2 N–H and O–H groups in total. The lowest BCUT2D eigenvalue weighted by Gasteiger charge is -2.10. The maximum Gasteiger partial charge on any atom is 0.187 e. The minimum absolute atomic E-state index is 0.490. The highest BCUT2D eigenvalue weighted by atomic mass is 32.1. The number of ether oxygens (including phenoxy) is 1. The van der Waals surface area contributed by atoms with E-state index in [1.165, 1.54) is 11.1 Å². The van der Waals surface area contributed by atoms with Gasteiger partial charge in [0.1, 0.15) is 0 Å². The molecule has 2 aromatic rings. The zero-order valence-electron chi connectivity index (χ0n) is 14.1. The summed E-state index contributed by atoms with van der Waals surface area (Å²) in [6.07, 6.45) is 0.734. The summed E-state index contributed by atoms with van der Waals surface area (Å²) in [6, 6.07) is 18.6. The zero-order chi connectivity index (χ0) is 17.2. The van der Waals surface area contributed by atoms with Crippen LogP contribution in [0.15, 0.2) is 59.7 Å². The van der Waals surface area contributed by atoms with Crippen molar-refractivity contribution in [2.45, 2.75) is 13.3 Å². The van der Waals surface area contributed by atoms with Gasteiger partial charge in [-0.05, 0) is 30.3 Å². The summed E-state index contributed by atoms with van der Waals surface area (Å²) in [5, 5.41) is 8.06. The highest BCUT2D eigenvalue weighted by molar-refractivity contribution is 7.80. The molecule has 5 heteroatoms. The molecule has 0 bridgehead atoms. The number of methoxy groups -OCH3 is 1. The number of nitrogens with zero attached hydrogens (tertiary/aromatic N) is 1. The largest absolute Gasteiger partial charge is 0.383 e. The first kappa shape index (κ1) is 18.1. The Kier molecular flexibility index (Phi) is 7.39. The molecule has 0 atom stereocenters. The average Bonchev–Trinajstić information content (AvgIpc) is 2.60. The standard InChI is InChI=1S/C19H23N3OS/c1-15-8-10-17(11-9-15)18(14-16-6-4-3-5-7-16)21-22-19(24)20-12-13-23-2/h3-11H,12-14H2,1-2H3,(H2,20,22,24)/b21-18-. The molecule has 0 aliphatic heterocycles. The third-order valence-electron chi connectivity index (χ3n) is 3.48. The van der Waals surface area contributed by atoms with Crippen molar-refractivity contribution in [1.29, 1.82) is 0 Å². The highest BCUT2D eigenvalue weighted by Crippen LogP contribution is 2.10. The first-order valence-corrected chi connectivity index (χ1v) is 8.30. The van der Waals surface area contributed by atoms with E-state index in [4.69, 9.17) is 17.0 Å². The van der Waals surface area contributed by atoms with Crippen LogP contribution in [0.1, 0.15) is 16.7 Å². The molecule has 2 aromatic carbocycles. The van der Waals surface area contributed by atoms with Gasteiger partial charge in [0.15, 0.2) is 5.11 Å². The topological polar surface area (TPSA) is 45.6 Å². The summed E-state index contributed by atoms with van der Waals surface area (Å²) in [4.78, 5) is 0. The van der Waals surface area contributed by atoms with E-state index in [0.29, 0.717) is 18.3 Å². The molecule has 0 aliphatic rings. The second kappa shape index (κ2) is 9.80. The lowest BCUT2D eigenvalue weighted by Crippen LogP contribution is -2.35. The fourth-order valence-corrected chi connectivity index (χ4v) is 2.31. The third kappa shape index (κ3) is 6.10. The molecule has 0 aromatic heterocycles. The van der Waals surface area contributed by atoms with Crippen LogP contribution in [-0.4, -0.2) is 31.1 Å². The molecule has 2 rings (SSSR count). The summed E-state index contributed by atoms with van der Waals surface area (Å²) >= 11 is 5.24. The van der Waals surface area contributed by atoms with Crippen LogP contribution >= 0.6 is 12.2 Å². The van der Waals surface area contributed by atoms with Gasteiger partial charge in [-0.2, -0.15) is 5.10 Å². The smallest absolute Gasteiger partial charge is 0.187 e. The van der Waals surface area contributed by atoms with E-state index >= 15 is 0 Å². The predicted molar refractivity (Wildman–Crippen MR) is 103 cm³/mol. The van der Waals surface area contributed by atoms with Gasteiger partial charge < -0.3 is 10.1 Å². The van der Waals surface area contributed by atoms with Gasteiger partial charge in [-0.15, -0.1) is 0 Å². The summed E-state index contributed by atoms with van der Waals surface area (Å²) < 4.78 is 4.99. The Morgan fingerprint density at radius 3 is 2.46 bits per heavy atom. The number of hydrazone groups is 1. The monoisotopic (exact) mass is 341 g/mol. The van der Waals surface area contributed by atoms with Gasteiger partial charge in [-0.25, -0.2) is 0 Å². The number of hydrogen-bond donors (Lipinski definition) is 2. The van der Waals surface area contributed by atoms with E-state index < -0.39 is 0 Å². The van der Waals surface area contributed by atoms with Gasteiger partial charge in [0.05, 0.1) is 12.3 Å². The molecule has 0 saturated heterocycles. The molecule has 0 spiro atoms. The predicted octanol–water partition coefficient (Wildman–Crippen LogP) is 3.05. The number of thiocarbonyl (C=S) groups is 1. The minimum atomic E-state index is 0.490. The van der Waals surface area contributed by atoms with Crippen LogP contribution in [0, 0.1) is 6.92 Å². The van der Waals surface area contributed by atoms with Crippen molar-refractivity contribution >= 4 is 23.0 Å². The van der Waals surface area contributed by atoms with Crippen molar-refractivity contribution in [3.8, 4) is 0 Å². The van der Waals surface area contributed by atoms with Gasteiger partial charge in [-0.1, -0.05) is 60.2 Å². The van der Waals surface area contributed by atoms with Crippen molar-refractivity contribution < 1.29 is 4.74 Å². The van der Waals surface area contributed by atoms with Crippen molar-refractivity contribution in [2.24, 2.45) is 5.10 Å². The summed E-state index contributed by atoms with van der Waals surface area (Å²) in [7, 11) is 1.66. The molecule has 0 saturated carbocycles. The maximum absolute atomic E-state index is 5.24. The summed E-state index contributed by atoms with van der Waals surface area (Å²) in [5.74, 6) is 0. The first-order valence-electron chi connectivity index (χ1n) is 7.89. The molecule has 0 aliphatic carbocycles. The number of aryl methyl sites for hydroxylation is 1. The van der Waals surface area contributed by atoms with Crippen LogP contribution in [0.3, 0.4) is 0 Å². The van der Waals surface area contributed by atoms with Crippen LogP contribution < -0.4 is 10.7 Å². The molecule has 0 heterocycles. The Morgan fingerprint density at radius 1 is 1.08 bits per heavy atom. The molecule has 126 valence electrons. The number of hydrogen-bond acceptors (Lipinski definition) is 3. The normalized spacial score (nSPS) is 11.2. The lowest BCUT2D eigenvalue weighted by atomic mass is 10.0. The molecule has 0 amide bonds. The van der Waals surface area contributed by atoms with E-state index in [2.05, 4.69) is 59.2 Å². The van der Waals surface area contributed by atoms with Crippen molar-refractivity contribution in [1.82, 2.24) is 10.7 Å². The average molecular weight is 341 g/mol. The fourth-order valence-electron chi connectivity index (χ4n) is 2.17. The van der Waals surface area contributed by atoms with Gasteiger partial charge in [0, 0.05) is 20.1 Å². The van der Waals surface area contributed by atoms with Gasteiger partial charge in [0.2, 0.25) is 0 Å². The van der Waals surface area contributed by atoms with Crippen LogP contribution in [0.25, 0.3) is 0 Å². The molecule has 0 unspecified atom stereocenters. The molecular formula is C19H23N3OS. The van der Waals surface area contributed by atoms with Crippen LogP contribution in [0.4, 0.5) is 0 Å². The number of benzene rings is 2. The zero-order valence-corrected chi connectivity index (χ0v) is 14.9. The van der Waals surface area contributed by atoms with Crippen LogP contribution in [0.2, 0.25) is 0 Å². The number of rotatable bonds is 7. The van der Waals surface area contributed by atoms with E-state index in [9.17, 15) is 0 Å². The third-order valence-corrected chi connectivity index (χ3v) is 3.72. The summed E-state index contributed by atoms with van der Waals surface area (Å²) in [5.41, 5.74) is 7.38. The molecule has 4 nitrogen and oxygen atoms in total. The Bertz CT molecular complexity index is 669. The van der Waals surface area contributed by atoms with E-state index in [1.807, 2.05) is 18.2 Å². The quantitative estimate of drug-likeness (QED) is 0.352. The first-order chi connectivity index (χ1) is 11.7. The van der Waals surface area contributed by atoms with Crippen molar-refractivity contribution in [3.63, 3.8) is 0 Å². The van der Waals surface area contributed by atoms with Gasteiger partial charge in [-0.3, -0.25) is 5.43 Å².